The number of carbonyl (C=O) groups is 1. The molecule has 4 nitrogen and oxygen atoms in total. The van der Waals surface area contributed by atoms with E-state index in [1.807, 2.05) is 46.3 Å². The van der Waals surface area contributed by atoms with Crippen molar-refractivity contribution < 1.29 is 9.53 Å². The fourth-order valence-corrected chi connectivity index (χ4v) is 3.86. The van der Waals surface area contributed by atoms with Crippen molar-refractivity contribution in [1.29, 1.82) is 0 Å². The van der Waals surface area contributed by atoms with Crippen LogP contribution in [0.5, 0.6) is 0 Å². The van der Waals surface area contributed by atoms with Gasteiger partial charge in [0.2, 0.25) is 0 Å². The minimum atomic E-state index is -0.254. The number of amides is 1. The van der Waals surface area contributed by atoms with Crippen molar-refractivity contribution in [2.75, 3.05) is 13.7 Å². The molecule has 1 amide bonds. The van der Waals surface area contributed by atoms with Gasteiger partial charge in [-0.1, -0.05) is 29.5 Å². The lowest BCUT2D eigenvalue weighted by Crippen LogP contribution is -2.18. The highest BCUT2D eigenvalue weighted by molar-refractivity contribution is 7.16. The third-order valence-corrected chi connectivity index (χ3v) is 5.14. The largest absolute Gasteiger partial charge is 0.383 e. The van der Waals surface area contributed by atoms with Crippen molar-refractivity contribution in [1.82, 2.24) is 4.57 Å². The number of para-hydroxylation sites is 1. The molecule has 2 heterocycles. The predicted molar refractivity (Wildman–Crippen MR) is 95.6 cm³/mol. The molecule has 0 aliphatic heterocycles. The second kappa shape index (κ2) is 7.50. The number of ether oxygens (including phenoxy) is 1. The number of benzene rings is 1. The summed E-state index contributed by atoms with van der Waals surface area (Å²) in [4.78, 5) is 18.1. The molecular formula is C17H16N2O2S2. The molecule has 0 aliphatic rings. The standard InChI is InChI=1S/C17H16N2O2S2/c1-21-11-10-19-14-6-2-3-7-15(14)23-17(19)18-16(20)9-8-13-5-4-12-22-13/h2-9,12H,10-11H2,1H3. The van der Waals surface area contributed by atoms with Gasteiger partial charge in [0.1, 0.15) is 0 Å². The molecule has 0 aliphatic carbocycles. The van der Waals surface area contributed by atoms with Crippen LogP contribution in [0.3, 0.4) is 0 Å². The van der Waals surface area contributed by atoms with Gasteiger partial charge in [0.15, 0.2) is 4.80 Å². The molecule has 0 bridgehead atoms. The fourth-order valence-electron chi connectivity index (χ4n) is 2.18. The minimum absolute atomic E-state index is 0.254. The highest BCUT2D eigenvalue weighted by atomic mass is 32.1. The smallest absolute Gasteiger partial charge is 0.272 e. The van der Waals surface area contributed by atoms with Crippen LogP contribution in [-0.4, -0.2) is 24.2 Å². The van der Waals surface area contributed by atoms with E-state index in [1.54, 1.807) is 24.5 Å². The molecule has 23 heavy (non-hydrogen) atoms. The van der Waals surface area contributed by atoms with Crippen LogP contribution in [0, 0.1) is 0 Å². The number of methoxy groups -OCH3 is 1. The van der Waals surface area contributed by atoms with E-state index in [2.05, 4.69) is 4.99 Å². The number of hydrogen-bond acceptors (Lipinski definition) is 4. The van der Waals surface area contributed by atoms with Crippen molar-refractivity contribution in [2.24, 2.45) is 4.99 Å². The maximum atomic E-state index is 12.1. The Bertz CT molecular complexity index is 889. The van der Waals surface area contributed by atoms with Gasteiger partial charge in [-0.2, -0.15) is 4.99 Å². The lowest BCUT2D eigenvalue weighted by molar-refractivity contribution is -0.113. The van der Waals surface area contributed by atoms with Crippen LogP contribution in [0.1, 0.15) is 4.88 Å². The first-order chi connectivity index (χ1) is 11.3. The highest BCUT2D eigenvalue weighted by Gasteiger charge is 2.06. The maximum absolute atomic E-state index is 12.1. The lowest BCUT2D eigenvalue weighted by atomic mass is 10.3. The van der Waals surface area contributed by atoms with E-state index in [9.17, 15) is 4.79 Å². The third-order valence-electron chi connectivity index (χ3n) is 3.25. The van der Waals surface area contributed by atoms with E-state index in [-0.39, 0.29) is 5.91 Å². The lowest BCUT2D eigenvalue weighted by Gasteiger charge is -2.03. The summed E-state index contributed by atoms with van der Waals surface area (Å²) in [7, 11) is 1.67. The third kappa shape index (κ3) is 3.85. The molecule has 0 saturated carbocycles. The number of nitrogens with zero attached hydrogens (tertiary/aromatic N) is 2. The summed E-state index contributed by atoms with van der Waals surface area (Å²) in [6, 6.07) is 12.0. The van der Waals surface area contributed by atoms with E-state index >= 15 is 0 Å². The Kier molecular flexibility index (Phi) is 5.17. The quantitative estimate of drug-likeness (QED) is 0.664. The Balaban J connectivity index is 1.95. The summed E-state index contributed by atoms with van der Waals surface area (Å²) in [5.74, 6) is -0.254. The number of aromatic nitrogens is 1. The summed E-state index contributed by atoms with van der Waals surface area (Å²) in [6.07, 6.45) is 3.31. The van der Waals surface area contributed by atoms with Gasteiger partial charge in [-0.3, -0.25) is 4.79 Å². The van der Waals surface area contributed by atoms with Crippen LogP contribution in [0.2, 0.25) is 0 Å². The maximum Gasteiger partial charge on any atom is 0.272 e. The minimum Gasteiger partial charge on any atom is -0.383 e. The van der Waals surface area contributed by atoms with Crippen molar-refractivity contribution in [3.8, 4) is 0 Å². The van der Waals surface area contributed by atoms with Crippen molar-refractivity contribution in [2.45, 2.75) is 6.54 Å². The number of fused-ring (bicyclic) bond motifs is 1. The average molecular weight is 344 g/mol. The molecule has 0 fully saturated rings. The number of rotatable bonds is 5. The first kappa shape index (κ1) is 15.9. The van der Waals surface area contributed by atoms with Gasteiger partial charge < -0.3 is 9.30 Å². The number of hydrogen-bond donors (Lipinski definition) is 0. The topological polar surface area (TPSA) is 43.6 Å². The Hall–Kier alpha value is -2.02. The van der Waals surface area contributed by atoms with E-state index in [0.717, 1.165) is 15.1 Å². The van der Waals surface area contributed by atoms with E-state index in [1.165, 1.54) is 17.4 Å². The van der Waals surface area contributed by atoms with Gasteiger partial charge in [0.25, 0.3) is 5.91 Å². The van der Waals surface area contributed by atoms with E-state index < -0.39 is 0 Å². The molecule has 0 spiro atoms. The SMILES string of the molecule is COCCn1c(=NC(=O)C=Cc2cccs2)sc2ccccc21. The first-order valence-electron chi connectivity index (χ1n) is 7.15. The van der Waals surface area contributed by atoms with Gasteiger partial charge >= 0.3 is 0 Å². The second-order valence-corrected chi connectivity index (χ2v) is 6.78. The molecule has 1 aromatic carbocycles. The summed E-state index contributed by atoms with van der Waals surface area (Å²) in [5, 5.41) is 1.98. The summed E-state index contributed by atoms with van der Waals surface area (Å²) in [5.41, 5.74) is 1.07. The summed E-state index contributed by atoms with van der Waals surface area (Å²) < 4.78 is 8.30. The number of carbonyl (C=O) groups excluding carboxylic acids is 1. The molecule has 0 unspecified atom stereocenters. The average Bonchev–Trinajstić information content (AvgIpc) is 3.18. The molecule has 0 saturated heterocycles. The van der Waals surface area contributed by atoms with Crippen LogP contribution >= 0.6 is 22.7 Å². The molecular weight excluding hydrogens is 328 g/mol. The van der Waals surface area contributed by atoms with Crippen LogP contribution in [0.4, 0.5) is 0 Å². The molecule has 0 N–H and O–H groups in total. The number of thiazole rings is 1. The van der Waals surface area contributed by atoms with Crippen molar-refractivity contribution in [3.63, 3.8) is 0 Å². The summed E-state index contributed by atoms with van der Waals surface area (Å²) in [6.45, 7) is 1.24. The highest BCUT2D eigenvalue weighted by Crippen LogP contribution is 2.16. The van der Waals surface area contributed by atoms with E-state index in [0.29, 0.717) is 18.0 Å². The molecule has 0 atom stereocenters. The van der Waals surface area contributed by atoms with Gasteiger partial charge in [-0.05, 0) is 29.7 Å². The second-order valence-electron chi connectivity index (χ2n) is 4.80. The molecule has 0 radical (unpaired) electrons. The molecule has 2 aromatic heterocycles. The zero-order valence-electron chi connectivity index (χ0n) is 12.6. The normalized spacial score (nSPS) is 12.5. The molecule has 6 heteroatoms. The zero-order chi connectivity index (χ0) is 16.1. The van der Waals surface area contributed by atoms with Crippen molar-refractivity contribution in [3.05, 3.63) is 57.5 Å². The Labute approximate surface area is 142 Å². The van der Waals surface area contributed by atoms with Gasteiger partial charge in [0.05, 0.1) is 16.8 Å². The van der Waals surface area contributed by atoms with Crippen LogP contribution in [0.25, 0.3) is 16.3 Å². The van der Waals surface area contributed by atoms with Gasteiger partial charge in [0, 0.05) is 24.6 Å². The van der Waals surface area contributed by atoms with Crippen LogP contribution < -0.4 is 4.80 Å². The van der Waals surface area contributed by atoms with Crippen molar-refractivity contribution >= 4 is 44.9 Å². The Morgan fingerprint density at radius 2 is 2.17 bits per heavy atom. The zero-order valence-corrected chi connectivity index (χ0v) is 14.3. The Morgan fingerprint density at radius 1 is 1.30 bits per heavy atom. The number of thiophene rings is 1. The Morgan fingerprint density at radius 3 is 2.96 bits per heavy atom. The van der Waals surface area contributed by atoms with Crippen LogP contribution in [0.15, 0.2) is 52.8 Å². The molecule has 3 aromatic rings. The molecule has 118 valence electrons. The summed E-state index contributed by atoms with van der Waals surface area (Å²) >= 11 is 3.10. The predicted octanol–water partition coefficient (Wildman–Crippen LogP) is 3.55. The van der Waals surface area contributed by atoms with Gasteiger partial charge in [-0.25, -0.2) is 0 Å². The monoisotopic (exact) mass is 344 g/mol. The van der Waals surface area contributed by atoms with Gasteiger partial charge in [-0.15, -0.1) is 11.3 Å². The molecule has 3 rings (SSSR count). The van der Waals surface area contributed by atoms with Crippen LogP contribution in [-0.2, 0) is 16.1 Å². The van der Waals surface area contributed by atoms with E-state index in [4.69, 9.17) is 4.74 Å². The fraction of sp³-hybridized carbons (Fsp3) is 0.176. The first-order valence-corrected chi connectivity index (χ1v) is 8.85.